The van der Waals surface area contributed by atoms with Gasteiger partial charge < -0.3 is 4.74 Å². The van der Waals surface area contributed by atoms with Gasteiger partial charge in [0.05, 0.1) is 23.1 Å². The smallest absolute Gasteiger partial charge is 0.343 e. The topological polar surface area (TPSA) is 111 Å². The van der Waals surface area contributed by atoms with E-state index in [9.17, 15) is 19.7 Å². The second-order valence-electron chi connectivity index (χ2n) is 6.22. The van der Waals surface area contributed by atoms with Crippen LogP contribution in [-0.2, 0) is 11.2 Å². The van der Waals surface area contributed by atoms with E-state index in [4.69, 9.17) is 4.74 Å². The maximum absolute atomic E-state index is 12.2. The molecule has 0 spiro atoms. The van der Waals surface area contributed by atoms with Gasteiger partial charge in [-0.1, -0.05) is 42.5 Å². The van der Waals surface area contributed by atoms with Crippen LogP contribution in [-0.4, -0.2) is 23.0 Å². The normalized spacial score (nSPS) is 10.5. The van der Waals surface area contributed by atoms with Gasteiger partial charge in [0.1, 0.15) is 5.75 Å². The van der Waals surface area contributed by atoms with Gasteiger partial charge >= 0.3 is 5.97 Å². The summed E-state index contributed by atoms with van der Waals surface area (Å²) in [6, 6.07) is 21.0. The highest BCUT2D eigenvalue weighted by Crippen LogP contribution is 2.16. The minimum absolute atomic E-state index is 0.112. The Morgan fingerprint density at radius 3 is 2.43 bits per heavy atom. The van der Waals surface area contributed by atoms with E-state index in [2.05, 4.69) is 10.5 Å². The Hall–Kier alpha value is -4.33. The van der Waals surface area contributed by atoms with Crippen molar-refractivity contribution >= 4 is 23.8 Å². The molecular formula is C22H17N3O5. The number of nitro groups is 1. The maximum Gasteiger partial charge on any atom is 0.343 e. The van der Waals surface area contributed by atoms with Gasteiger partial charge in [0, 0.05) is 12.1 Å². The molecule has 3 aromatic rings. The Kier molecular flexibility index (Phi) is 6.63. The predicted molar refractivity (Wildman–Crippen MR) is 110 cm³/mol. The number of carbonyl (C=O) groups excluding carboxylic acids is 2. The third kappa shape index (κ3) is 5.83. The lowest BCUT2D eigenvalue weighted by atomic mass is 10.1. The van der Waals surface area contributed by atoms with Gasteiger partial charge in [-0.15, -0.1) is 0 Å². The molecule has 0 aliphatic carbocycles. The number of non-ortho nitro benzene ring substituents is 1. The molecule has 0 saturated heterocycles. The van der Waals surface area contributed by atoms with Crippen molar-refractivity contribution < 1.29 is 19.2 Å². The molecule has 8 heteroatoms. The van der Waals surface area contributed by atoms with Gasteiger partial charge in [0.2, 0.25) is 5.91 Å². The van der Waals surface area contributed by atoms with Crippen molar-refractivity contribution in [2.24, 2.45) is 5.10 Å². The summed E-state index contributed by atoms with van der Waals surface area (Å²) in [6.07, 6.45) is 1.65. The molecule has 0 heterocycles. The zero-order valence-electron chi connectivity index (χ0n) is 15.7. The standard InChI is InChI=1S/C22H17N3O5/c26-21(14-16-5-2-1-3-6-16)24-23-15-17-7-4-8-20(13-17)30-22(27)18-9-11-19(12-10-18)25(28)29/h1-13,15H,14H2,(H,24,26). The molecule has 0 aromatic heterocycles. The molecule has 3 rings (SSSR count). The summed E-state index contributed by atoms with van der Waals surface area (Å²) in [5.41, 5.74) is 4.02. The van der Waals surface area contributed by atoms with Crippen molar-refractivity contribution in [2.75, 3.05) is 0 Å². The summed E-state index contributed by atoms with van der Waals surface area (Å²) >= 11 is 0. The van der Waals surface area contributed by atoms with E-state index in [-0.39, 0.29) is 29.3 Å². The van der Waals surface area contributed by atoms with Crippen LogP contribution in [0.15, 0.2) is 84.0 Å². The quantitative estimate of drug-likeness (QED) is 0.213. The van der Waals surface area contributed by atoms with Crippen molar-refractivity contribution in [1.82, 2.24) is 5.43 Å². The van der Waals surface area contributed by atoms with E-state index < -0.39 is 10.9 Å². The Labute approximate surface area is 172 Å². The van der Waals surface area contributed by atoms with E-state index in [1.807, 2.05) is 30.3 Å². The highest BCUT2D eigenvalue weighted by atomic mass is 16.6. The summed E-state index contributed by atoms with van der Waals surface area (Å²) in [7, 11) is 0. The number of nitrogens with one attached hydrogen (secondary N) is 1. The molecule has 0 unspecified atom stereocenters. The Bertz CT molecular complexity index is 1080. The molecule has 0 radical (unpaired) electrons. The fraction of sp³-hybridized carbons (Fsp3) is 0.0455. The summed E-state index contributed by atoms with van der Waals surface area (Å²) < 4.78 is 5.29. The highest BCUT2D eigenvalue weighted by Gasteiger charge is 2.11. The van der Waals surface area contributed by atoms with E-state index in [0.717, 1.165) is 5.56 Å². The van der Waals surface area contributed by atoms with Crippen LogP contribution in [0.5, 0.6) is 5.75 Å². The minimum atomic E-state index is -0.643. The van der Waals surface area contributed by atoms with E-state index in [0.29, 0.717) is 5.56 Å². The van der Waals surface area contributed by atoms with Gasteiger partial charge in [0.15, 0.2) is 0 Å². The Morgan fingerprint density at radius 1 is 1.00 bits per heavy atom. The number of rotatable bonds is 7. The van der Waals surface area contributed by atoms with Crippen LogP contribution < -0.4 is 10.2 Å². The Morgan fingerprint density at radius 2 is 1.73 bits per heavy atom. The van der Waals surface area contributed by atoms with E-state index in [1.165, 1.54) is 30.5 Å². The number of hydrogen-bond acceptors (Lipinski definition) is 6. The summed E-state index contributed by atoms with van der Waals surface area (Å²) in [5, 5.41) is 14.6. The molecule has 1 amide bonds. The fourth-order valence-electron chi connectivity index (χ4n) is 2.54. The number of nitrogens with zero attached hydrogens (tertiary/aromatic N) is 2. The van der Waals surface area contributed by atoms with Gasteiger partial charge in [-0.3, -0.25) is 14.9 Å². The minimum Gasteiger partial charge on any atom is -0.423 e. The van der Waals surface area contributed by atoms with Gasteiger partial charge in [-0.2, -0.15) is 5.10 Å². The molecule has 0 atom stereocenters. The predicted octanol–water partition coefficient (Wildman–Crippen LogP) is 3.51. The third-order valence-corrected chi connectivity index (χ3v) is 3.99. The first kappa shape index (κ1) is 20.4. The van der Waals surface area contributed by atoms with Crippen molar-refractivity contribution in [3.8, 4) is 5.75 Å². The first-order valence-electron chi connectivity index (χ1n) is 8.94. The lowest BCUT2D eigenvalue weighted by molar-refractivity contribution is -0.384. The maximum atomic E-state index is 12.2. The van der Waals surface area contributed by atoms with Crippen LogP contribution in [0.25, 0.3) is 0 Å². The molecule has 150 valence electrons. The first-order chi connectivity index (χ1) is 14.5. The average Bonchev–Trinajstić information content (AvgIpc) is 2.75. The summed E-state index contributed by atoms with van der Waals surface area (Å²) in [4.78, 5) is 34.2. The molecule has 8 nitrogen and oxygen atoms in total. The average molecular weight is 403 g/mol. The number of esters is 1. The van der Waals surface area contributed by atoms with Gasteiger partial charge in [-0.05, 0) is 35.4 Å². The van der Waals surface area contributed by atoms with E-state index in [1.54, 1.807) is 24.3 Å². The zero-order valence-corrected chi connectivity index (χ0v) is 15.7. The highest BCUT2D eigenvalue weighted by molar-refractivity contribution is 5.91. The lowest BCUT2D eigenvalue weighted by Crippen LogP contribution is -2.19. The number of benzene rings is 3. The van der Waals surface area contributed by atoms with Crippen LogP contribution in [0.4, 0.5) is 5.69 Å². The molecule has 0 fully saturated rings. The number of nitro benzene ring substituents is 1. The van der Waals surface area contributed by atoms with Crippen molar-refractivity contribution in [3.05, 3.63) is 106 Å². The Balaban J connectivity index is 1.57. The van der Waals surface area contributed by atoms with Crippen LogP contribution in [0.3, 0.4) is 0 Å². The van der Waals surface area contributed by atoms with Crippen molar-refractivity contribution in [1.29, 1.82) is 0 Å². The molecule has 30 heavy (non-hydrogen) atoms. The largest absolute Gasteiger partial charge is 0.423 e. The second-order valence-corrected chi connectivity index (χ2v) is 6.22. The second kappa shape index (κ2) is 9.74. The van der Waals surface area contributed by atoms with Crippen molar-refractivity contribution in [3.63, 3.8) is 0 Å². The van der Waals surface area contributed by atoms with E-state index >= 15 is 0 Å². The molecule has 3 aromatic carbocycles. The molecule has 0 bridgehead atoms. The van der Waals surface area contributed by atoms with Gasteiger partial charge in [-0.25, -0.2) is 10.2 Å². The first-order valence-corrected chi connectivity index (χ1v) is 8.94. The van der Waals surface area contributed by atoms with Crippen LogP contribution >= 0.6 is 0 Å². The van der Waals surface area contributed by atoms with Crippen LogP contribution in [0, 0.1) is 10.1 Å². The monoisotopic (exact) mass is 403 g/mol. The van der Waals surface area contributed by atoms with Crippen LogP contribution in [0.2, 0.25) is 0 Å². The third-order valence-electron chi connectivity index (χ3n) is 3.99. The molecule has 0 aliphatic heterocycles. The molecule has 0 saturated carbocycles. The molecular weight excluding hydrogens is 386 g/mol. The molecule has 0 aliphatic rings. The number of carbonyl (C=O) groups is 2. The zero-order chi connectivity index (χ0) is 21.3. The number of hydrazone groups is 1. The van der Waals surface area contributed by atoms with Crippen LogP contribution in [0.1, 0.15) is 21.5 Å². The fourth-order valence-corrected chi connectivity index (χ4v) is 2.54. The lowest BCUT2D eigenvalue weighted by Gasteiger charge is -2.05. The van der Waals surface area contributed by atoms with Crippen molar-refractivity contribution in [2.45, 2.75) is 6.42 Å². The number of hydrogen-bond donors (Lipinski definition) is 1. The SMILES string of the molecule is O=C(Cc1ccccc1)NN=Cc1cccc(OC(=O)c2ccc([N+](=O)[O-])cc2)c1. The summed E-state index contributed by atoms with van der Waals surface area (Å²) in [5.74, 6) is -0.619. The number of amides is 1. The summed E-state index contributed by atoms with van der Waals surface area (Å²) in [6.45, 7) is 0. The molecule has 1 N–H and O–H groups in total. The number of ether oxygens (including phenoxy) is 1. The van der Waals surface area contributed by atoms with Gasteiger partial charge in [0.25, 0.3) is 5.69 Å².